The molecule has 0 unspecified atom stereocenters. The molecule has 0 aromatic carbocycles. The van der Waals surface area contributed by atoms with Crippen molar-refractivity contribution in [2.24, 2.45) is 0 Å². The molecule has 2 N–H and O–H groups in total. The Morgan fingerprint density at radius 2 is 2.16 bits per heavy atom. The molecular weight excluding hydrogens is 280 g/mol. The van der Waals surface area contributed by atoms with E-state index in [1.165, 1.54) is 0 Å². The van der Waals surface area contributed by atoms with E-state index in [1.54, 1.807) is 24.0 Å². The molecule has 0 bridgehead atoms. The molecule has 0 saturated heterocycles. The Hall–Kier alpha value is -1.20. The smallest absolute Gasteiger partial charge is 0.123 e. The summed E-state index contributed by atoms with van der Waals surface area (Å²) in [5.74, 6) is 1.32. The number of hydrogen-bond acceptors (Lipinski definition) is 4. The van der Waals surface area contributed by atoms with Crippen LogP contribution >= 0.6 is 23.4 Å². The van der Waals surface area contributed by atoms with Gasteiger partial charge < -0.3 is 5.73 Å². The Kier molecular flexibility index (Phi) is 4.71. The van der Waals surface area contributed by atoms with Crippen LogP contribution < -0.4 is 5.73 Å². The van der Waals surface area contributed by atoms with E-state index in [9.17, 15) is 0 Å². The lowest BCUT2D eigenvalue weighted by molar-refractivity contribution is 0.628. The van der Waals surface area contributed by atoms with E-state index in [2.05, 4.69) is 23.9 Å². The van der Waals surface area contributed by atoms with Gasteiger partial charge in [-0.2, -0.15) is 5.10 Å². The Morgan fingerprint density at radius 1 is 1.37 bits per heavy atom. The number of nitrogens with two attached hydrogens (primary N) is 1. The van der Waals surface area contributed by atoms with E-state index < -0.39 is 0 Å². The molecule has 2 heterocycles. The third-order valence-electron chi connectivity index (χ3n) is 2.83. The highest BCUT2D eigenvalue weighted by Crippen LogP contribution is 2.29. The first kappa shape index (κ1) is 14.2. The Labute approximate surface area is 122 Å². The maximum absolute atomic E-state index is 6.37. The number of aromatic nitrogens is 3. The number of pyridine rings is 1. The van der Waals surface area contributed by atoms with Gasteiger partial charge in [-0.15, -0.1) is 11.8 Å². The maximum Gasteiger partial charge on any atom is 0.123 e. The lowest BCUT2D eigenvalue weighted by Gasteiger charge is -2.05. The van der Waals surface area contributed by atoms with Crippen molar-refractivity contribution < 1.29 is 0 Å². The zero-order valence-corrected chi connectivity index (χ0v) is 12.6. The summed E-state index contributed by atoms with van der Waals surface area (Å²) < 4.78 is 1.97. The second-order valence-electron chi connectivity index (χ2n) is 4.08. The summed E-state index contributed by atoms with van der Waals surface area (Å²) in [6.45, 7) is 4.96. The molecule has 0 amide bonds. The molecule has 0 saturated carbocycles. The zero-order valence-electron chi connectivity index (χ0n) is 11.1. The molecule has 0 fully saturated rings. The molecule has 19 heavy (non-hydrogen) atoms. The van der Waals surface area contributed by atoms with Gasteiger partial charge in [0.1, 0.15) is 5.82 Å². The van der Waals surface area contributed by atoms with E-state index >= 15 is 0 Å². The van der Waals surface area contributed by atoms with Gasteiger partial charge >= 0.3 is 0 Å². The second-order valence-corrected chi connectivity index (χ2v) is 5.51. The minimum absolute atomic E-state index is 0.536. The molecule has 2 aromatic heterocycles. The third kappa shape index (κ3) is 3.22. The normalized spacial score (nSPS) is 10.9. The van der Waals surface area contributed by atoms with Gasteiger partial charge in [0.15, 0.2) is 0 Å². The van der Waals surface area contributed by atoms with Crippen LogP contribution in [0.5, 0.6) is 0 Å². The minimum Gasteiger partial charge on any atom is -0.384 e. The van der Waals surface area contributed by atoms with Crippen LogP contribution in [0, 0.1) is 0 Å². The fourth-order valence-corrected chi connectivity index (χ4v) is 3.09. The highest BCUT2D eigenvalue weighted by atomic mass is 35.5. The average Bonchev–Trinajstić information content (AvgIpc) is 2.74. The summed E-state index contributed by atoms with van der Waals surface area (Å²) in [6, 6.07) is 3.77. The van der Waals surface area contributed by atoms with Gasteiger partial charge in [0.05, 0.1) is 16.4 Å². The monoisotopic (exact) mass is 296 g/mol. The summed E-state index contributed by atoms with van der Waals surface area (Å²) in [5.41, 5.74) is 7.61. The lowest BCUT2D eigenvalue weighted by Crippen LogP contribution is -2.01. The number of hydrogen-bond donors (Lipinski definition) is 1. The molecular formula is C13H17ClN4S. The maximum atomic E-state index is 6.37. The summed E-state index contributed by atoms with van der Waals surface area (Å²) in [5, 5.41) is 5.30. The molecule has 0 radical (unpaired) electrons. The quantitative estimate of drug-likeness (QED) is 0.859. The Bertz CT molecular complexity index is 551. The van der Waals surface area contributed by atoms with E-state index in [0.717, 1.165) is 40.0 Å². The van der Waals surface area contributed by atoms with Crippen LogP contribution in [0.15, 0.2) is 23.2 Å². The van der Waals surface area contributed by atoms with E-state index in [0.29, 0.717) is 5.82 Å². The summed E-state index contributed by atoms with van der Waals surface area (Å²) >= 11 is 8.05. The van der Waals surface area contributed by atoms with Crippen molar-refractivity contribution >= 4 is 29.2 Å². The lowest BCUT2D eigenvalue weighted by atomic mass is 10.3. The Morgan fingerprint density at radius 3 is 2.74 bits per heavy atom. The summed E-state index contributed by atoms with van der Waals surface area (Å²) in [6.07, 6.45) is 2.63. The highest BCUT2D eigenvalue weighted by molar-refractivity contribution is 7.98. The zero-order chi connectivity index (χ0) is 13.8. The van der Waals surface area contributed by atoms with Gasteiger partial charge in [-0.1, -0.05) is 18.5 Å². The van der Waals surface area contributed by atoms with Crippen LogP contribution in [0.2, 0.25) is 5.02 Å². The first-order chi connectivity index (χ1) is 9.15. The summed E-state index contributed by atoms with van der Waals surface area (Å²) in [4.78, 5) is 5.16. The van der Waals surface area contributed by atoms with Crippen molar-refractivity contribution in [3.63, 3.8) is 0 Å². The molecule has 0 atom stereocenters. The standard InChI is InChI=1S/C13H17ClN4S/c1-3-10-13(14)11(18(4-2)17-10)8-19-9-5-6-12(15)16-7-9/h5-7H,3-4,8H2,1-2H3,(H2,15,16). The van der Waals surface area contributed by atoms with Crippen LogP contribution in [0.25, 0.3) is 0 Å². The van der Waals surface area contributed by atoms with Gasteiger partial charge in [-0.25, -0.2) is 4.98 Å². The fraction of sp³-hybridized carbons (Fsp3) is 0.385. The first-order valence-electron chi connectivity index (χ1n) is 6.24. The number of thioether (sulfide) groups is 1. The molecule has 2 aromatic rings. The van der Waals surface area contributed by atoms with Gasteiger partial charge in [-0.05, 0) is 25.5 Å². The summed E-state index contributed by atoms with van der Waals surface area (Å²) in [7, 11) is 0. The minimum atomic E-state index is 0.536. The van der Waals surface area contributed by atoms with Crippen LogP contribution in [0.1, 0.15) is 25.2 Å². The van der Waals surface area contributed by atoms with Crippen molar-refractivity contribution in [1.29, 1.82) is 0 Å². The van der Waals surface area contributed by atoms with Crippen LogP contribution in [-0.4, -0.2) is 14.8 Å². The van der Waals surface area contributed by atoms with E-state index in [-0.39, 0.29) is 0 Å². The highest BCUT2D eigenvalue weighted by Gasteiger charge is 2.14. The predicted molar refractivity (Wildman–Crippen MR) is 80.5 cm³/mol. The predicted octanol–water partition coefficient (Wildman–Crippen LogP) is 3.39. The number of aryl methyl sites for hydroxylation is 2. The van der Waals surface area contributed by atoms with Crippen molar-refractivity contribution in [1.82, 2.24) is 14.8 Å². The molecule has 102 valence electrons. The number of anilines is 1. The third-order valence-corrected chi connectivity index (χ3v) is 4.26. The molecule has 0 spiro atoms. The molecule has 0 aliphatic heterocycles. The Balaban J connectivity index is 2.14. The topological polar surface area (TPSA) is 56.7 Å². The molecule has 6 heteroatoms. The average molecular weight is 297 g/mol. The number of nitrogen functional groups attached to an aromatic ring is 1. The van der Waals surface area contributed by atoms with Crippen molar-refractivity contribution in [2.45, 2.75) is 37.5 Å². The van der Waals surface area contributed by atoms with Gasteiger partial charge in [-0.3, -0.25) is 4.68 Å². The van der Waals surface area contributed by atoms with E-state index in [1.807, 2.05) is 10.7 Å². The molecule has 4 nitrogen and oxygen atoms in total. The number of rotatable bonds is 5. The van der Waals surface area contributed by atoms with Crippen molar-refractivity contribution in [3.05, 3.63) is 34.7 Å². The SMILES string of the molecule is CCc1nn(CC)c(CSc2ccc(N)nc2)c1Cl. The molecule has 2 rings (SSSR count). The number of halogens is 1. The van der Waals surface area contributed by atoms with Gasteiger partial charge in [0, 0.05) is 23.4 Å². The first-order valence-corrected chi connectivity index (χ1v) is 7.60. The van der Waals surface area contributed by atoms with Gasteiger partial charge in [0.2, 0.25) is 0 Å². The van der Waals surface area contributed by atoms with Crippen LogP contribution in [0.4, 0.5) is 5.82 Å². The van der Waals surface area contributed by atoms with Crippen LogP contribution in [-0.2, 0) is 18.7 Å². The second kappa shape index (κ2) is 6.30. The fourth-order valence-electron chi connectivity index (χ4n) is 1.78. The van der Waals surface area contributed by atoms with Crippen molar-refractivity contribution in [3.8, 4) is 0 Å². The van der Waals surface area contributed by atoms with Crippen LogP contribution in [0.3, 0.4) is 0 Å². The van der Waals surface area contributed by atoms with Gasteiger partial charge in [0.25, 0.3) is 0 Å². The van der Waals surface area contributed by atoms with Crippen molar-refractivity contribution in [2.75, 3.05) is 5.73 Å². The molecule has 0 aliphatic carbocycles. The van der Waals surface area contributed by atoms with E-state index in [4.69, 9.17) is 17.3 Å². The molecule has 0 aliphatic rings. The number of nitrogens with zero attached hydrogens (tertiary/aromatic N) is 3. The largest absolute Gasteiger partial charge is 0.384 e.